The van der Waals surface area contributed by atoms with Crippen LogP contribution in [0.2, 0.25) is 0 Å². The zero-order valence-corrected chi connectivity index (χ0v) is 16.4. The average molecular weight is 414 g/mol. The molecule has 0 atom stereocenters. The predicted molar refractivity (Wildman–Crippen MR) is 99.0 cm³/mol. The van der Waals surface area contributed by atoms with Crippen molar-refractivity contribution in [2.45, 2.75) is 30.5 Å². The van der Waals surface area contributed by atoms with E-state index in [1.54, 1.807) is 6.07 Å². The van der Waals surface area contributed by atoms with Gasteiger partial charge in [-0.1, -0.05) is 6.92 Å². The lowest BCUT2D eigenvalue weighted by Crippen LogP contribution is -2.37. The van der Waals surface area contributed by atoms with E-state index in [1.807, 2.05) is 0 Å². The number of halogens is 2. The average Bonchev–Trinajstić information content (AvgIpc) is 3.12. The number of hydrogen-bond donors (Lipinski definition) is 1. The molecule has 3 rings (SSSR count). The summed E-state index contributed by atoms with van der Waals surface area (Å²) in [7, 11) is -3.52. The molecule has 0 spiro atoms. The molecule has 1 saturated heterocycles. The van der Waals surface area contributed by atoms with Crippen molar-refractivity contribution in [3.8, 4) is 0 Å². The first kappa shape index (κ1) is 19.9. The van der Waals surface area contributed by atoms with Crippen LogP contribution in [0, 0.1) is 17.6 Å². The van der Waals surface area contributed by atoms with Crippen LogP contribution in [0.3, 0.4) is 0 Å². The van der Waals surface area contributed by atoms with Gasteiger partial charge in [0.05, 0.1) is 6.54 Å². The summed E-state index contributed by atoms with van der Waals surface area (Å²) < 4.78 is 53.3. The van der Waals surface area contributed by atoms with Crippen LogP contribution in [0.1, 0.15) is 35.0 Å². The largest absolute Gasteiger partial charge is 0.347 e. The standard InChI is InChI=1S/C18H20F2N2O3S2/c1-12-6-8-22(9-7-12)27(24,25)17-5-3-14(26-17)11-21-18(23)13-2-4-15(19)16(20)10-13/h2-5,10,12H,6-9,11H2,1H3,(H,21,23). The molecule has 0 bridgehead atoms. The Labute approximate surface area is 161 Å². The summed E-state index contributed by atoms with van der Waals surface area (Å²) in [6.45, 7) is 3.26. The first-order valence-electron chi connectivity index (χ1n) is 8.59. The van der Waals surface area contributed by atoms with E-state index in [0.29, 0.717) is 23.9 Å². The van der Waals surface area contributed by atoms with Crippen LogP contribution in [-0.4, -0.2) is 31.7 Å². The van der Waals surface area contributed by atoms with E-state index in [9.17, 15) is 22.0 Å². The number of amides is 1. The van der Waals surface area contributed by atoms with Crippen LogP contribution in [0.4, 0.5) is 8.78 Å². The lowest BCUT2D eigenvalue weighted by molar-refractivity contribution is 0.0950. The maximum atomic E-state index is 13.2. The lowest BCUT2D eigenvalue weighted by Gasteiger charge is -2.28. The monoisotopic (exact) mass is 414 g/mol. The van der Waals surface area contributed by atoms with Crippen molar-refractivity contribution >= 4 is 27.3 Å². The molecule has 1 aliphatic heterocycles. The summed E-state index contributed by atoms with van der Waals surface area (Å²) in [4.78, 5) is 12.7. The van der Waals surface area contributed by atoms with E-state index >= 15 is 0 Å². The van der Waals surface area contributed by atoms with Gasteiger partial charge in [-0.2, -0.15) is 4.31 Å². The smallest absolute Gasteiger partial charge is 0.252 e. The number of carbonyl (C=O) groups excluding carboxylic acids is 1. The quantitative estimate of drug-likeness (QED) is 0.816. The van der Waals surface area contributed by atoms with Crippen LogP contribution >= 0.6 is 11.3 Å². The highest BCUT2D eigenvalue weighted by Crippen LogP contribution is 2.28. The van der Waals surface area contributed by atoms with E-state index in [0.717, 1.165) is 36.3 Å². The highest BCUT2D eigenvalue weighted by molar-refractivity contribution is 7.91. The Hall–Kier alpha value is -1.84. The third kappa shape index (κ3) is 4.53. The van der Waals surface area contributed by atoms with Gasteiger partial charge in [-0.15, -0.1) is 11.3 Å². The highest BCUT2D eigenvalue weighted by atomic mass is 32.2. The number of thiophene rings is 1. The summed E-state index contributed by atoms with van der Waals surface area (Å²) >= 11 is 1.10. The van der Waals surface area contributed by atoms with Crippen molar-refractivity contribution in [3.05, 3.63) is 52.4 Å². The molecule has 2 heterocycles. The maximum Gasteiger partial charge on any atom is 0.252 e. The summed E-state index contributed by atoms with van der Waals surface area (Å²) in [5.74, 6) is -2.15. The van der Waals surface area contributed by atoms with Gasteiger partial charge in [0.2, 0.25) is 0 Å². The Morgan fingerprint density at radius 3 is 2.56 bits per heavy atom. The molecule has 5 nitrogen and oxygen atoms in total. The van der Waals surface area contributed by atoms with E-state index in [1.165, 1.54) is 16.4 Å². The molecule has 1 aromatic carbocycles. The summed E-state index contributed by atoms with van der Waals surface area (Å²) in [6.07, 6.45) is 1.70. The minimum Gasteiger partial charge on any atom is -0.347 e. The normalized spacial score (nSPS) is 16.4. The van der Waals surface area contributed by atoms with E-state index in [2.05, 4.69) is 12.2 Å². The zero-order chi connectivity index (χ0) is 19.6. The van der Waals surface area contributed by atoms with Crippen molar-refractivity contribution < 1.29 is 22.0 Å². The first-order chi connectivity index (χ1) is 12.8. The predicted octanol–water partition coefficient (Wildman–Crippen LogP) is 3.38. The van der Waals surface area contributed by atoms with Crippen LogP contribution < -0.4 is 5.32 Å². The second kappa shape index (κ2) is 8.04. The molecular formula is C18H20F2N2O3S2. The summed E-state index contributed by atoms with van der Waals surface area (Å²) in [5, 5.41) is 2.59. The number of sulfonamides is 1. The number of hydrogen-bond acceptors (Lipinski definition) is 4. The maximum absolute atomic E-state index is 13.2. The summed E-state index contributed by atoms with van der Waals surface area (Å²) in [6, 6.07) is 6.09. The van der Waals surface area contributed by atoms with Crippen LogP contribution in [0.25, 0.3) is 0 Å². The third-order valence-corrected chi connectivity index (χ3v) is 8.03. The van der Waals surface area contributed by atoms with Gasteiger partial charge in [-0.05, 0) is 49.1 Å². The molecule has 0 unspecified atom stereocenters. The zero-order valence-electron chi connectivity index (χ0n) is 14.7. The van der Waals surface area contributed by atoms with Crippen molar-refractivity contribution in [2.75, 3.05) is 13.1 Å². The lowest BCUT2D eigenvalue weighted by atomic mass is 10.0. The van der Waals surface area contributed by atoms with Crippen LogP contribution in [-0.2, 0) is 16.6 Å². The minimum atomic E-state index is -3.52. The van der Waals surface area contributed by atoms with Crippen LogP contribution in [0.5, 0.6) is 0 Å². The fraction of sp³-hybridized carbons (Fsp3) is 0.389. The Balaban J connectivity index is 1.63. The molecule has 9 heteroatoms. The molecule has 0 saturated carbocycles. The second-order valence-corrected chi connectivity index (χ2v) is 9.95. The fourth-order valence-electron chi connectivity index (χ4n) is 2.85. The van der Waals surface area contributed by atoms with Crippen molar-refractivity contribution in [3.63, 3.8) is 0 Å². The van der Waals surface area contributed by atoms with Crippen molar-refractivity contribution in [1.29, 1.82) is 0 Å². The molecule has 1 aliphatic rings. The summed E-state index contributed by atoms with van der Waals surface area (Å²) in [5.41, 5.74) is 0.000683. The van der Waals surface area contributed by atoms with Crippen LogP contribution in [0.15, 0.2) is 34.5 Å². The number of carbonyl (C=O) groups is 1. The molecule has 0 aliphatic carbocycles. The fourth-order valence-corrected chi connectivity index (χ4v) is 5.77. The van der Waals surface area contributed by atoms with E-state index < -0.39 is 27.6 Å². The molecule has 0 radical (unpaired) electrons. The molecule has 1 fully saturated rings. The van der Waals surface area contributed by atoms with Gasteiger partial charge in [0, 0.05) is 23.5 Å². The Morgan fingerprint density at radius 1 is 1.19 bits per heavy atom. The SMILES string of the molecule is CC1CCN(S(=O)(=O)c2ccc(CNC(=O)c3ccc(F)c(F)c3)s2)CC1. The molecule has 1 amide bonds. The number of benzene rings is 1. The topological polar surface area (TPSA) is 66.5 Å². The molecule has 146 valence electrons. The van der Waals surface area contributed by atoms with Crippen molar-refractivity contribution in [1.82, 2.24) is 9.62 Å². The number of piperidine rings is 1. The van der Waals surface area contributed by atoms with Gasteiger partial charge in [0.15, 0.2) is 11.6 Å². The van der Waals surface area contributed by atoms with Gasteiger partial charge in [0.1, 0.15) is 4.21 Å². The highest BCUT2D eigenvalue weighted by Gasteiger charge is 2.29. The second-order valence-electron chi connectivity index (χ2n) is 6.62. The number of nitrogens with zero attached hydrogens (tertiary/aromatic N) is 1. The Morgan fingerprint density at radius 2 is 1.89 bits per heavy atom. The van der Waals surface area contributed by atoms with E-state index in [4.69, 9.17) is 0 Å². The molecule has 27 heavy (non-hydrogen) atoms. The van der Waals surface area contributed by atoms with Crippen molar-refractivity contribution in [2.24, 2.45) is 5.92 Å². The minimum absolute atomic E-state index is 0.000683. The Kier molecular flexibility index (Phi) is 5.92. The number of nitrogens with one attached hydrogen (secondary N) is 1. The molecule has 1 N–H and O–H groups in total. The van der Waals surface area contributed by atoms with E-state index in [-0.39, 0.29) is 16.3 Å². The van der Waals surface area contributed by atoms with Gasteiger partial charge in [-0.3, -0.25) is 4.79 Å². The first-order valence-corrected chi connectivity index (χ1v) is 10.8. The van der Waals surface area contributed by atoms with Gasteiger partial charge in [0.25, 0.3) is 15.9 Å². The van der Waals surface area contributed by atoms with Gasteiger partial charge in [-0.25, -0.2) is 17.2 Å². The molecular weight excluding hydrogens is 394 g/mol. The Bertz CT molecular complexity index is 936. The third-order valence-electron chi connectivity index (χ3n) is 4.58. The van der Waals surface area contributed by atoms with Gasteiger partial charge >= 0.3 is 0 Å². The van der Waals surface area contributed by atoms with Gasteiger partial charge < -0.3 is 5.32 Å². The molecule has 1 aromatic heterocycles. The molecule has 2 aromatic rings. The number of rotatable bonds is 5.